The summed E-state index contributed by atoms with van der Waals surface area (Å²) in [6.07, 6.45) is 0. The lowest BCUT2D eigenvalue weighted by Crippen LogP contribution is -2.06. The second-order valence-corrected chi connectivity index (χ2v) is 5.34. The van der Waals surface area contributed by atoms with Crippen LogP contribution in [-0.2, 0) is 11.3 Å². The third-order valence-electron chi connectivity index (χ3n) is 2.98. The first-order valence-electron chi connectivity index (χ1n) is 6.42. The van der Waals surface area contributed by atoms with Crippen molar-refractivity contribution in [2.45, 2.75) is 13.5 Å². The molecule has 0 N–H and O–H groups in total. The topological polar surface area (TPSA) is 65.2 Å². The molecule has 112 valence electrons. The quantitative estimate of drug-likeness (QED) is 0.688. The van der Waals surface area contributed by atoms with Gasteiger partial charge in [-0.1, -0.05) is 11.2 Å². The molecule has 0 radical (unpaired) electrons. The molecule has 0 aliphatic heterocycles. The standard InChI is InChI=1S/C15H11FN2O3S/c1-9-2-3-10(6-12(9)16)15(19)20-7-13-17-14(18-21-13)11-4-5-22-8-11/h2-6,8H,7H2,1H3. The van der Waals surface area contributed by atoms with Crippen molar-refractivity contribution in [3.63, 3.8) is 0 Å². The molecule has 0 atom stereocenters. The minimum atomic E-state index is -0.644. The Morgan fingerprint density at radius 3 is 3.00 bits per heavy atom. The zero-order valence-electron chi connectivity index (χ0n) is 11.6. The van der Waals surface area contributed by atoms with Gasteiger partial charge in [-0.05, 0) is 36.1 Å². The highest BCUT2D eigenvalue weighted by molar-refractivity contribution is 7.08. The molecule has 0 saturated heterocycles. The zero-order chi connectivity index (χ0) is 15.5. The van der Waals surface area contributed by atoms with Crippen LogP contribution in [-0.4, -0.2) is 16.1 Å². The molecule has 3 aromatic rings. The molecule has 0 fully saturated rings. The lowest BCUT2D eigenvalue weighted by Gasteiger charge is -2.03. The van der Waals surface area contributed by atoms with Crippen molar-refractivity contribution in [2.75, 3.05) is 0 Å². The average Bonchev–Trinajstić information content (AvgIpc) is 3.18. The second-order valence-electron chi connectivity index (χ2n) is 4.56. The normalized spacial score (nSPS) is 10.6. The SMILES string of the molecule is Cc1ccc(C(=O)OCc2nc(-c3ccsc3)no2)cc1F. The third kappa shape index (κ3) is 3.04. The van der Waals surface area contributed by atoms with Crippen molar-refractivity contribution in [3.05, 3.63) is 57.9 Å². The smallest absolute Gasteiger partial charge is 0.338 e. The molecule has 5 nitrogen and oxygen atoms in total. The van der Waals surface area contributed by atoms with E-state index in [4.69, 9.17) is 9.26 Å². The Morgan fingerprint density at radius 1 is 1.41 bits per heavy atom. The van der Waals surface area contributed by atoms with E-state index >= 15 is 0 Å². The number of ether oxygens (including phenoxy) is 1. The van der Waals surface area contributed by atoms with Crippen LogP contribution in [0.5, 0.6) is 0 Å². The van der Waals surface area contributed by atoms with Crippen LogP contribution < -0.4 is 0 Å². The van der Waals surface area contributed by atoms with Gasteiger partial charge in [-0.2, -0.15) is 16.3 Å². The van der Waals surface area contributed by atoms with Crippen LogP contribution in [0.4, 0.5) is 4.39 Å². The van der Waals surface area contributed by atoms with E-state index < -0.39 is 11.8 Å². The maximum absolute atomic E-state index is 13.4. The fraction of sp³-hybridized carbons (Fsp3) is 0.133. The number of nitrogens with zero attached hydrogens (tertiary/aromatic N) is 2. The highest BCUT2D eigenvalue weighted by atomic mass is 32.1. The summed E-state index contributed by atoms with van der Waals surface area (Å²) >= 11 is 1.52. The van der Waals surface area contributed by atoms with Crippen molar-refractivity contribution >= 4 is 17.3 Å². The van der Waals surface area contributed by atoms with Crippen molar-refractivity contribution in [1.29, 1.82) is 0 Å². The van der Waals surface area contributed by atoms with E-state index in [2.05, 4.69) is 10.1 Å². The first-order valence-corrected chi connectivity index (χ1v) is 7.36. The minimum absolute atomic E-state index is 0.140. The van der Waals surface area contributed by atoms with Gasteiger partial charge in [0.25, 0.3) is 5.89 Å². The van der Waals surface area contributed by atoms with Gasteiger partial charge in [0.1, 0.15) is 5.82 Å². The Labute approximate surface area is 129 Å². The molecule has 1 aromatic carbocycles. The van der Waals surface area contributed by atoms with E-state index in [1.165, 1.54) is 23.5 Å². The Morgan fingerprint density at radius 2 is 2.27 bits per heavy atom. The van der Waals surface area contributed by atoms with Gasteiger partial charge in [0, 0.05) is 10.9 Å². The van der Waals surface area contributed by atoms with Crippen molar-refractivity contribution < 1.29 is 18.4 Å². The van der Waals surface area contributed by atoms with Crippen LogP contribution in [0.3, 0.4) is 0 Å². The van der Waals surface area contributed by atoms with E-state index in [-0.39, 0.29) is 18.1 Å². The number of halogens is 1. The molecule has 2 heterocycles. The number of carbonyl (C=O) groups is 1. The molecular formula is C15H11FN2O3S. The number of benzene rings is 1. The van der Waals surface area contributed by atoms with E-state index in [1.54, 1.807) is 6.92 Å². The van der Waals surface area contributed by atoms with Gasteiger partial charge in [0.2, 0.25) is 5.82 Å². The fourth-order valence-corrected chi connectivity index (χ4v) is 2.39. The number of aryl methyl sites for hydroxylation is 1. The van der Waals surface area contributed by atoms with Crippen molar-refractivity contribution in [1.82, 2.24) is 10.1 Å². The maximum Gasteiger partial charge on any atom is 0.338 e. The Kier molecular flexibility index (Phi) is 3.97. The Hall–Kier alpha value is -2.54. The highest BCUT2D eigenvalue weighted by Crippen LogP contribution is 2.19. The average molecular weight is 318 g/mol. The largest absolute Gasteiger partial charge is 0.452 e. The predicted octanol–water partition coefficient (Wildman–Crippen LogP) is 3.60. The zero-order valence-corrected chi connectivity index (χ0v) is 12.4. The minimum Gasteiger partial charge on any atom is -0.452 e. The number of carbonyl (C=O) groups excluding carboxylic acids is 1. The summed E-state index contributed by atoms with van der Waals surface area (Å²) in [6.45, 7) is 1.46. The maximum atomic E-state index is 13.4. The number of esters is 1. The second kappa shape index (κ2) is 6.07. The van der Waals surface area contributed by atoms with E-state index in [0.717, 1.165) is 11.6 Å². The summed E-state index contributed by atoms with van der Waals surface area (Å²) in [5.41, 5.74) is 1.45. The van der Waals surface area contributed by atoms with Gasteiger partial charge in [0.05, 0.1) is 5.56 Å². The predicted molar refractivity (Wildman–Crippen MR) is 77.9 cm³/mol. The van der Waals surface area contributed by atoms with E-state index in [1.807, 2.05) is 16.8 Å². The lowest BCUT2D eigenvalue weighted by atomic mass is 10.1. The molecule has 0 bridgehead atoms. The van der Waals surface area contributed by atoms with E-state index in [9.17, 15) is 9.18 Å². The third-order valence-corrected chi connectivity index (χ3v) is 3.66. The monoisotopic (exact) mass is 318 g/mol. The number of aromatic nitrogens is 2. The summed E-state index contributed by atoms with van der Waals surface area (Å²) in [6, 6.07) is 6.03. The summed E-state index contributed by atoms with van der Waals surface area (Å²) < 4.78 is 23.5. The van der Waals surface area contributed by atoms with Crippen LogP contribution in [0.2, 0.25) is 0 Å². The number of hydrogen-bond donors (Lipinski definition) is 0. The first-order chi connectivity index (χ1) is 10.6. The molecule has 0 spiro atoms. The number of hydrogen-bond acceptors (Lipinski definition) is 6. The lowest BCUT2D eigenvalue weighted by molar-refractivity contribution is 0.0429. The molecule has 3 rings (SSSR count). The number of rotatable bonds is 4. The fourth-order valence-electron chi connectivity index (χ4n) is 1.75. The van der Waals surface area contributed by atoms with Crippen LogP contribution in [0.15, 0.2) is 39.5 Å². The van der Waals surface area contributed by atoms with Crippen LogP contribution in [0, 0.1) is 12.7 Å². The summed E-state index contributed by atoms with van der Waals surface area (Å²) in [5.74, 6) is -0.475. The van der Waals surface area contributed by atoms with Crippen LogP contribution in [0.25, 0.3) is 11.4 Å². The molecule has 0 saturated carbocycles. The van der Waals surface area contributed by atoms with E-state index in [0.29, 0.717) is 11.4 Å². The summed E-state index contributed by atoms with van der Waals surface area (Å²) in [5, 5.41) is 7.59. The summed E-state index contributed by atoms with van der Waals surface area (Å²) in [4.78, 5) is 16.0. The van der Waals surface area contributed by atoms with Crippen molar-refractivity contribution in [3.8, 4) is 11.4 Å². The Bertz CT molecular complexity index is 799. The van der Waals surface area contributed by atoms with Gasteiger partial charge in [0.15, 0.2) is 6.61 Å². The van der Waals surface area contributed by atoms with Gasteiger partial charge in [-0.3, -0.25) is 0 Å². The van der Waals surface area contributed by atoms with Gasteiger partial charge in [-0.25, -0.2) is 9.18 Å². The first kappa shape index (κ1) is 14.4. The molecule has 0 aliphatic carbocycles. The molecule has 0 unspecified atom stereocenters. The summed E-state index contributed by atoms with van der Waals surface area (Å²) in [7, 11) is 0. The van der Waals surface area contributed by atoms with Crippen molar-refractivity contribution in [2.24, 2.45) is 0 Å². The Balaban J connectivity index is 1.65. The molecule has 0 aliphatic rings. The molecule has 0 amide bonds. The van der Waals surface area contributed by atoms with Gasteiger partial charge >= 0.3 is 5.97 Å². The molecule has 22 heavy (non-hydrogen) atoms. The molecule has 7 heteroatoms. The van der Waals surface area contributed by atoms with Gasteiger partial charge < -0.3 is 9.26 Å². The van der Waals surface area contributed by atoms with Gasteiger partial charge in [-0.15, -0.1) is 0 Å². The number of thiophene rings is 1. The van der Waals surface area contributed by atoms with Crippen LogP contribution >= 0.6 is 11.3 Å². The highest BCUT2D eigenvalue weighted by Gasteiger charge is 2.13. The van der Waals surface area contributed by atoms with Crippen LogP contribution in [0.1, 0.15) is 21.8 Å². The molecular weight excluding hydrogens is 307 g/mol. The molecule has 2 aromatic heterocycles.